The van der Waals surface area contributed by atoms with E-state index >= 15 is 0 Å². The molecule has 18 heavy (non-hydrogen) atoms. The van der Waals surface area contributed by atoms with E-state index in [1.165, 1.54) is 11.1 Å². The number of hydrogen-bond donors (Lipinski definition) is 2. The van der Waals surface area contributed by atoms with Crippen LogP contribution in [0, 0.1) is 5.92 Å². The van der Waals surface area contributed by atoms with Gasteiger partial charge in [-0.2, -0.15) is 0 Å². The molecule has 1 aliphatic heterocycles. The highest BCUT2D eigenvalue weighted by molar-refractivity contribution is 5.80. The predicted molar refractivity (Wildman–Crippen MR) is 68.6 cm³/mol. The Labute approximate surface area is 107 Å². The van der Waals surface area contributed by atoms with Gasteiger partial charge < -0.3 is 15.4 Å². The maximum atomic E-state index is 12.0. The first kappa shape index (κ1) is 11.5. The Kier molecular flexibility index (Phi) is 2.96. The van der Waals surface area contributed by atoms with Gasteiger partial charge in [-0.05, 0) is 30.0 Å². The van der Waals surface area contributed by atoms with E-state index < -0.39 is 0 Å². The molecule has 1 aliphatic carbocycles. The van der Waals surface area contributed by atoms with Crippen molar-refractivity contribution in [1.82, 2.24) is 10.6 Å². The number of rotatable bonds is 3. The third-order valence-corrected chi connectivity index (χ3v) is 3.92. The third kappa shape index (κ3) is 1.86. The number of benzene rings is 1. The Hall–Kier alpha value is -1.55. The zero-order chi connectivity index (χ0) is 12.5. The van der Waals surface area contributed by atoms with Gasteiger partial charge in [0.1, 0.15) is 5.75 Å². The van der Waals surface area contributed by atoms with Crippen LogP contribution in [0.2, 0.25) is 0 Å². The van der Waals surface area contributed by atoms with Crippen molar-refractivity contribution in [3.05, 3.63) is 29.3 Å². The molecule has 4 nitrogen and oxygen atoms in total. The summed E-state index contributed by atoms with van der Waals surface area (Å²) >= 11 is 0. The minimum atomic E-state index is 0.152. The second kappa shape index (κ2) is 4.61. The van der Waals surface area contributed by atoms with Crippen LogP contribution in [-0.2, 0) is 11.2 Å². The van der Waals surface area contributed by atoms with Gasteiger partial charge in [0.2, 0.25) is 5.91 Å². The highest BCUT2D eigenvalue weighted by atomic mass is 16.5. The van der Waals surface area contributed by atoms with Crippen molar-refractivity contribution in [2.45, 2.75) is 18.9 Å². The molecular formula is C14H18N2O2. The van der Waals surface area contributed by atoms with E-state index in [-0.39, 0.29) is 17.9 Å². The summed E-state index contributed by atoms with van der Waals surface area (Å²) in [6, 6.07) is 6.23. The quantitative estimate of drug-likeness (QED) is 0.837. The fraction of sp³-hybridized carbons (Fsp3) is 0.500. The van der Waals surface area contributed by atoms with Crippen molar-refractivity contribution < 1.29 is 9.53 Å². The van der Waals surface area contributed by atoms with Gasteiger partial charge in [-0.15, -0.1) is 0 Å². The molecule has 1 amide bonds. The van der Waals surface area contributed by atoms with Gasteiger partial charge in [-0.1, -0.05) is 12.1 Å². The number of ether oxygens (including phenoxy) is 1. The lowest BCUT2D eigenvalue weighted by molar-refractivity contribution is -0.127. The molecule has 0 bridgehead atoms. The van der Waals surface area contributed by atoms with Gasteiger partial charge in [0.25, 0.3) is 0 Å². The molecule has 0 radical (unpaired) electrons. The van der Waals surface area contributed by atoms with Crippen LogP contribution in [0.15, 0.2) is 18.2 Å². The third-order valence-electron chi connectivity index (χ3n) is 3.92. The summed E-state index contributed by atoms with van der Waals surface area (Å²) in [7, 11) is 1.70. The van der Waals surface area contributed by atoms with Crippen molar-refractivity contribution in [2.24, 2.45) is 5.92 Å². The first-order valence-corrected chi connectivity index (χ1v) is 6.46. The smallest absolute Gasteiger partial charge is 0.226 e. The molecule has 0 aromatic heterocycles. The highest BCUT2D eigenvalue weighted by Crippen LogP contribution is 2.36. The molecule has 1 saturated heterocycles. The van der Waals surface area contributed by atoms with Gasteiger partial charge in [-0.3, -0.25) is 4.79 Å². The van der Waals surface area contributed by atoms with Gasteiger partial charge in [0.15, 0.2) is 0 Å². The molecule has 0 saturated carbocycles. The molecule has 1 atom stereocenters. The van der Waals surface area contributed by atoms with Crippen LogP contribution in [0.25, 0.3) is 0 Å². The van der Waals surface area contributed by atoms with Gasteiger partial charge >= 0.3 is 0 Å². The van der Waals surface area contributed by atoms with E-state index in [4.69, 9.17) is 4.74 Å². The fourth-order valence-corrected chi connectivity index (χ4v) is 2.73. The lowest BCUT2D eigenvalue weighted by Crippen LogP contribution is -2.51. The zero-order valence-electron chi connectivity index (χ0n) is 10.5. The summed E-state index contributed by atoms with van der Waals surface area (Å²) in [5.74, 6) is 1.27. The average molecular weight is 246 g/mol. The van der Waals surface area contributed by atoms with Crippen molar-refractivity contribution in [3.8, 4) is 5.75 Å². The maximum absolute atomic E-state index is 12.0. The fourth-order valence-electron chi connectivity index (χ4n) is 2.73. The van der Waals surface area contributed by atoms with Crippen LogP contribution in [-0.4, -0.2) is 26.1 Å². The number of fused-ring (bicyclic) bond motifs is 1. The predicted octanol–water partition coefficient (Wildman–Crippen LogP) is 1.02. The lowest BCUT2D eigenvalue weighted by Gasteiger charge is -2.27. The molecule has 1 heterocycles. The normalized spacial score (nSPS) is 22.2. The Morgan fingerprint density at radius 3 is 2.94 bits per heavy atom. The minimum absolute atomic E-state index is 0.152. The minimum Gasteiger partial charge on any atom is -0.496 e. The molecule has 1 fully saturated rings. The molecule has 0 spiro atoms. The van der Waals surface area contributed by atoms with Gasteiger partial charge in [0.05, 0.1) is 19.1 Å². The SMILES string of the molecule is COc1cccc2c1CCC2NC(=O)C1CNC1. The number of methoxy groups -OCH3 is 1. The lowest BCUT2D eigenvalue weighted by atomic mass is 10.0. The van der Waals surface area contributed by atoms with Gasteiger partial charge in [0, 0.05) is 13.1 Å². The second-order valence-electron chi connectivity index (χ2n) is 4.98. The molecule has 4 heteroatoms. The number of carbonyl (C=O) groups is 1. The Balaban J connectivity index is 1.75. The van der Waals surface area contributed by atoms with Crippen LogP contribution in [0.5, 0.6) is 5.75 Å². The number of amides is 1. The van der Waals surface area contributed by atoms with Crippen LogP contribution >= 0.6 is 0 Å². The standard InChI is InChI=1S/C14H18N2O2/c1-18-13-4-2-3-10-11(13)5-6-12(10)16-14(17)9-7-15-8-9/h2-4,9,12,15H,5-8H2,1H3,(H,16,17). The van der Waals surface area contributed by atoms with Crippen molar-refractivity contribution >= 4 is 5.91 Å². The van der Waals surface area contributed by atoms with Crippen LogP contribution in [0.4, 0.5) is 0 Å². The zero-order valence-corrected chi connectivity index (χ0v) is 10.5. The number of hydrogen-bond acceptors (Lipinski definition) is 3. The summed E-state index contributed by atoms with van der Waals surface area (Å²) in [5, 5.41) is 6.28. The summed E-state index contributed by atoms with van der Waals surface area (Å²) in [6.07, 6.45) is 1.95. The Morgan fingerprint density at radius 2 is 2.28 bits per heavy atom. The number of nitrogens with one attached hydrogen (secondary N) is 2. The maximum Gasteiger partial charge on any atom is 0.226 e. The van der Waals surface area contributed by atoms with Crippen LogP contribution < -0.4 is 15.4 Å². The van der Waals surface area contributed by atoms with Crippen molar-refractivity contribution in [1.29, 1.82) is 0 Å². The van der Waals surface area contributed by atoms with E-state index in [0.717, 1.165) is 31.7 Å². The largest absolute Gasteiger partial charge is 0.496 e. The van der Waals surface area contributed by atoms with Crippen molar-refractivity contribution in [2.75, 3.05) is 20.2 Å². The van der Waals surface area contributed by atoms with E-state index in [0.29, 0.717) is 0 Å². The Bertz CT molecular complexity index is 469. The molecule has 1 unspecified atom stereocenters. The van der Waals surface area contributed by atoms with E-state index in [1.807, 2.05) is 12.1 Å². The van der Waals surface area contributed by atoms with Crippen molar-refractivity contribution in [3.63, 3.8) is 0 Å². The van der Waals surface area contributed by atoms with Gasteiger partial charge in [-0.25, -0.2) is 0 Å². The number of carbonyl (C=O) groups excluding carboxylic acids is 1. The summed E-state index contributed by atoms with van der Waals surface area (Å²) in [6.45, 7) is 1.62. The molecule has 2 aliphatic rings. The summed E-state index contributed by atoms with van der Waals surface area (Å²) < 4.78 is 5.37. The van der Waals surface area contributed by atoms with E-state index in [9.17, 15) is 4.79 Å². The first-order chi connectivity index (χ1) is 8.79. The second-order valence-corrected chi connectivity index (χ2v) is 4.98. The molecule has 1 aromatic rings. The molecule has 1 aromatic carbocycles. The molecular weight excluding hydrogens is 228 g/mol. The monoisotopic (exact) mass is 246 g/mol. The van der Waals surface area contributed by atoms with E-state index in [1.54, 1.807) is 7.11 Å². The van der Waals surface area contributed by atoms with Crippen LogP contribution in [0.3, 0.4) is 0 Å². The highest BCUT2D eigenvalue weighted by Gasteiger charge is 2.30. The topological polar surface area (TPSA) is 50.4 Å². The Morgan fingerprint density at radius 1 is 1.44 bits per heavy atom. The van der Waals surface area contributed by atoms with Crippen LogP contribution in [0.1, 0.15) is 23.6 Å². The first-order valence-electron chi connectivity index (χ1n) is 6.46. The molecule has 3 rings (SSSR count). The summed E-state index contributed by atoms with van der Waals surface area (Å²) in [4.78, 5) is 12.0. The average Bonchev–Trinajstić information content (AvgIpc) is 2.70. The molecule has 2 N–H and O–H groups in total. The molecule has 96 valence electrons. The van der Waals surface area contributed by atoms with E-state index in [2.05, 4.69) is 16.7 Å². The summed E-state index contributed by atoms with van der Waals surface area (Å²) in [5.41, 5.74) is 2.46.